The number of rotatable bonds is 29. The molecule has 1 aliphatic heterocycles. The largest absolute Gasteiger partial charge is 0.463 e. The minimum atomic E-state index is -1.44. The van der Waals surface area contributed by atoms with Crippen molar-refractivity contribution in [3.05, 3.63) is 11.6 Å². The normalized spacial score (nSPS) is 35.1. The number of unbranched alkanes of at least 4 members (excludes halogenated alkanes) is 17. The van der Waals surface area contributed by atoms with Crippen molar-refractivity contribution in [1.29, 1.82) is 0 Å². The third kappa shape index (κ3) is 14.5. The second-order valence-electron chi connectivity index (χ2n) is 22.9. The highest BCUT2D eigenvalue weighted by Gasteiger charge is 2.59. The van der Waals surface area contributed by atoms with Crippen molar-refractivity contribution < 1.29 is 34.3 Å². The lowest BCUT2D eigenvalue weighted by Crippen LogP contribution is -2.60. The van der Waals surface area contributed by atoms with Crippen LogP contribution in [-0.4, -0.2) is 64.7 Å². The smallest absolute Gasteiger partial charge is 0.305 e. The van der Waals surface area contributed by atoms with Crippen LogP contribution < -0.4 is 0 Å². The van der Waals surface area contributed by atoms with Gasteiger partial charge in [-0.2, -0.15) is 0 Å². The first kappa shape index (κ1) is 53.0. The standard InChI is InChI=1S/C56H100O7/c1-8-10-11-12-13-14-15-16-17-18-19-20-21-22-23-24-25-26-27-50(57)61-39-49-51(58)52(59)53(60)54(63-49)62-44-34-36-55(6)43(38-44)30-31-45-47-33-32-46(56(47,7)37-35-48(45)55)41(5)28-29-42(9-2)40(3)4/h30,40-42,44-49,51-54,58-60H,8-29,31-39H2,1-7H3. The van der Waals surface area contributed by atoms with E-state index in [1.807, 2.05) is 0 Å². The molecule has 14 atom stereocenters. The van der Waals surface area contributed by atoms with Gasteiger partial charge in [0, 0.05) is 6.42 Å². The second-order valence-corrected chi connectivity index (χ2v) is 22.9. The SMILES string of the molecule is CCCCCCCCCCCCCCCCCCCCC(=O)OCC1OC(OC2CCC3(C)C(=CCC4C3CCC3(C)C(C(C)CCC(CC)C(C)C)CCC43)C2)C(O)C(O)C1O. The highest BCUT2D eigenvalue weighted by molar-refractivity contribution is 5.69. The number of fused-ring (bicyclic) bond motifs is 5. The lowest BCUT2D eigenvalue weighted by atomic mass is 9.47. The zero-order valence-corrected chi connectivity index (χ0v) is 42.0. The molecular weight excluding hydrogens is 785 g/mol. The fourth-order valence-corrected chi connectivity index (χ4v) is 14.2. The second kappa shape index (κ2) is 26.5. The molecule has 14 unspecified atom stereocenters. The van der Waals surface area contributed by atoms with Gasteiger partial charge in [0.2, 0.25) is 0 Å². The van der Waals surface area contributed by atoms with Gasteiger partial charge < -0.3 is 29.5 Å². The Morgan fingerprint density at radius 3 is 1.92 bits per heavy atom. The van der Waals surface area contributed by atoms with Crippen molar-refractivity contribution in [1.82, 2.24) is 0 Å². The van der Waals surface area contributed by atoms with Gasteiger partial charge in [-0.25, -0.2) is 0 Å². The third-order valence-corrected chi connectivity index (χ3v) is 18.4. The molecule has 63 heavy (non-hydrogen) atoms. The Kier molecular flexibility index (Phi) is 22.3. The molecule has 5 aliphatic rings. The molecule has 3 saturated carbocycles. The first-order chi connectivity index (χ1) is 30.3. The van der Waals surface area contributed by atoms with Gasteiger partial charge >= 0.3 is 5.97 Å². The molecule has 0 radical (unpaired) electrons. The zero-order chi connectivity index (χ0) is 45.4. The summed E-state index contributed by atoms with van der Waals surface area (Å²) in [4.78, 5) is 12.7. The maximum absolute atomic E-state index is 12.7. The molecule has 0 aromatic rings. The van der Waals surface area contributed by atoms with E-state index in [-0.39, 0.29) is 24.1 Å². The molecular formula is C56H100O7. The first-order valence-electron chi connectivity index (χ1n) is 27.5. The van der Waals surface area contributed by atoms with Crippen LogP contribution in [0.2, 0.25) is 0 Å². The first-order valence-corrected chi connectivity index (χ1v) is 27.5. The van der Waals surface area contributed by atoms with Crippen LogP contribution in [0.15, 0.2) is 11.6 Å². The van der Waals surface area contributed by atoms with E-state index in [0.717, 1.165) is 80.5 Å². The van der Waals surface area contributed by atoms with Crippen LogP contribution in [0.25, 0.3) is 0 Å². The molecule has 3 N–H and O–H groups in total. The molecule has 0 bridgehead atoms. The maximum atomic E-state index is 12.7. The zero-order valence-electron chi connectivity index (χ0n) is 42.0. The van der Waals surface area contributed by atoms with Crippen LogP contribution >= 0.6 is 0 Å². The maximum Gasteiger partial charge on any atom is 0.305 e. The average Bonchev–Trinajstić information content (AvgIpc) is 3.63. The Balaban J connectivity index is 0.972. The van der Waals surface area contributed by atoms with Crippen LogP contribution in [0, 0.1) is 52.3 Å². The van der Waals surface area contributed by atoms with E-state index in [9.17, 15) is 20.1 Å². The summed E-state index contributed by atoms with van der Waals surface area (Å²) in [5.41, 5.74) is 2.13. The van der Waals surface area contributed by atoms with Crippen molar-refractivity contribution in [2.75, 3.05) is 6.61 Å². The van der Waals surface area contributed by atoms with Crippen molar-refractivity contribution in [2.45, 2.75) is 278 Å². The number of hydrogen-bond donors (Lipinski definition) is 3. The number of aliphatic hydroxyl groups is 3. The predicted octanol–water partition coefficient (Wildman–Crippen LogP) is 13.8. The predicted molar refractivity (Wildman–Crippen MR) is 258 cm³/mol. The number of allylic oxidation sites excluding steroid dienone is 1. The summed E-state index contributed by atoms with van der Waals surface area (Å²) in [7, 11) is 0. The highest BCUT2D eigenvalue weighted by Crippen LogP contribution is 2.67. The van der Waals surface area contributed by atoms with Gasteiger partial charge in [-0.15, -0.1) is 0 Å². The lowest BCUT2D eigenvalue weighted by molar-refractivity contribution is -0.313. The minimum absolute atomic E-state index is 0.140. The molecule has 1 saturated heterocycles. The summed E-state index contributed by atoms with van der Waals surface area (Å²) < 4.78 is 18.1. The number of esters is 1. The number of hydrogen-bond acceptors (Lipinski definition) is 7. The van der Waals surface area contributed by atoms with Crippen LogP contribution in [0.5, 0.6) is 0 Å². The molecule has 0 aromatic heterocycles. The van der Waals surface area contributed by atoms with E-state index in [4.69, 9.17) is 14.2 Å². The van der Waals surface area contributed by atoms with Crippen LogP contribution in [0.4, 0.5) is 0 Å². The summed E-state index contributed by atoms with van der Waals surface area (Å²) in [5.74, 6) is 5.24. The van der Waals surface area contributed by atoms with Crippen LogP contribution in [0.1, 0.15) is 241 Å². The molecule has 0 spiro atoms. The van der Waals surface area contributed by atoms with Gasteiger partial charge in [-0.05, 0) is 116 Å². The van der Waals surface area contributed by atoms with Crippen LogP contribution in [-0.2, 0) is 19.0 Å². The number of ether oxygens (including phenoxy) is 3. The summed E-state index contributed by atoms with van der Waals surface area (Å²) in [6, 6.07) is 0. The van der Waals surface area contributed by atoms with Crippen molar-refractivity contribution in [3.8, 4) is 0 Å². The summed E-state index contributed by atoms with van der Waals surface area (Å²) >= 11 is 0. The fraction of sp³-hybridized carbons (Fsp3) is 0.946. The summed E-state index contributed by atoms with van der Waals surface area (Å²) in [6.07, 6.45) is 33.4. The molecule has 7 heteroatoms. The van der Waals surface area contributed by atoms with Crippen LogP contribution in [0.3, 0.4) is 0 Å². The number of carbonyl (C=O) groups is 1. The number of carbonyl (C=O) groups excluding carboxylic acids is 1. The van der Waals surface area contributed by atoms with Gasteiger partial charge in [0.15, 0.2) is 6.29 Å². The summed E-state index contributed by atoms with van der Waals surface area (Å²) in [6.45, 7) is 17.1. The van der Waals surface area contributed by atoms with E-state index < -0.39 is 30.7 Å². The van der Waals surface area contributed by atoms with E-state index >= 15 is 0 Å². The Labute approximate surface area is 387 Å². The van der Waals surface area contributed by atoms with Gasteiger partial charge in [0.1, 0.15) is 31.0 Å². The Morgan fingerprint density at radius 1 is 0.730 bits per heavy atom. The van der Waals surface area contributed by atoms with Gasteiger partial charge in [-0.1, -0.05) is 182 Å². The number of aliphatic hydroxyl groups excluding tert-OH is 3. The van der Waals surface area contributed by atoms with Gasteiger partial charge in [0.05, 0.1) is 6.10 Å². The molecule has 1 heterocycles. The molecule has 4 fully saturated rings. The lowest BCUT2D eigenvalue weighted by Gasteiger charge is -2.58. The Hall–Kier alpha value is -0.990. The van der Waals surface area contributed by atoms with Gasteiger partial charge in [-0.3, -0.25) is 4.79 Å². The molecule has 0 aromatic carbocycles. The quantitative estimate of drug-likeness (QED) is 0.0390. The van der Waals surface area contributed by atoms with E-state index in [0.29, 0.717) is 17.8 Å². The Morgan fingerprint density at radius 2 is 1.33 bits per heavy atom. The average molecular weight is 885 g/mol. The molecule has 4 aliphatic carbocycles. The third-order valence-electron chi connectivity index (χ3n) is 18.4. The van der Waals surface area contributed by atoms with Crippen molar-refractivity contribution in [2.24, 2.45) is 52.3 Å². The topological polar surface area (TPSA) is 105 Å². The van der Waals surface area contributed by atoms with E-state index in [2.05, 4.69) is 54.5 Å². The fourth-order valence-electron chi connectivity index (χ4n) is 14.2. The van der Waals surface area contributed by atoms with Gasteiger partial charge in [0.25, 0.3) is 0 Å². The monoisotopic (exact) mass is 885 g/mol. The molecule has 366 valence electrons. The van der Waals surface area contributed by atoms with E-state index in [1.54, 1.807) is 0 Å². The highest BCUT2D eigenvalue weighted by atomic mass is 16.7. The molecule has 0 amide bonds. The molecule has 5 rings (SSSR count). The minimum Gasteiger partial charge on any atom is -0.463 e. The summed E-state index contributed by atoms with van der Waals surface area (Å²) in [5, 5.41) is 32.6. The Bertz CT molecular complexity index is 1330. The molecule has 7 nitrogen and oxygen atoms in total. The van der Waals surface area contributed by atoms with Crippen molar-refractivity contribution in [3.63, 3.8) is 0 Å². The van der Waals surface area contributed by atoms with E-state index in [1.165, 1.54) is 147 Å². The van der Waals surface area contributed by atoms with Crippen molar-refractivity contribution >= 4 is 5.97 Å².